The summed E-state index contributed by atoms with van der Waals surface area (Å²) < 4.78 is 43.7. The molecule has 1 rings (SSSR count). The molecule has 0 bridgehead atoms. The number of carboxylic acids is 1. The summed E-state index contributed by atoms with van der Waals surface area (Å²) in [5.74, 6) is -2.02. The van der Waals surface area contributed by atoms with Crippen molar-refractivity contribution in [2.75, 3.05) is 0 Å². The number of aromatic carboxylic acids is 1. The lowest BCUT2D eigenvalue weighted by molar-refractivity contribution is -0.138. The number of carbonyl (C=O) groups is 1. The highest BCUT2D eigenvalue weighted by Gasteiger charge is 2.37. The Labute approximate surface area is 103 Å². The van der Waals surface area contributed by atoms with Gasteiger partial charge in [-0.15, -0.1) is 0 Å². The van der Waals surface area contributed by atoms with Crippen molar-refractivity contribution < 1.29 is 27.5 Å². The quantitative estimate of drug-likeness (QED) is 0.859. The highest BCUT2D eigenvalue weighted by atomic mass is 28.4. The van der Waals surface area contributed by atoms with E-state index in [2.05, 4.69) is 0 Å². The second kappa shape index (κ2) is 4.64. The number of para-hydroxylation sites is 1. The molecule has 0 unspecified atom stereocenters. The van der Waals surface area contributed by atoms with Crippen molar-refractivity contribution in [1.29, 1.82) is 0 Å². The van der Waals surface area contributed by atoms with Crippen LogP contribution in [-0.2, 0) is 6.18 Å². The third-order valence-corrected chi connectivity index (χ3v) is 2.78. The number of hydrogen-bond acceptors (Lipinski definition) is 2. The van der Waals surface area contributed by atoms with E-state index in [1.54, 1.807) is 19.6 Å². The summed E-state index contributed by atoms with van der Waals surface area (Å²) in [6.45, 7) is 5.06. The van der Waals surface area contributed by atoms with E-state index in [-0.39, 0.29) is 0 Å². The molecule has 18 heavy (non-hydrogen) atoms. The van der Waals surface area contributed by atoms with Crippen molar-refractivity contribution in [2.24, 2.45) is 0 Å². The van der Waals surface area contributed by atoms with Crippen molar-refractivity contribution >= 4 is 14.3 Å². The Morgan fingerprint density at radius 1 is 1.28 bits per heavy atom. The van der Waals surface area contributed by atoms with Gasteiger partial charge in [0.15, 0.2) is 0 Å². The van der Waals surface area contributed by atoms with Crippen LogP contribution in [0.5, 0.6) is 5.75 Å². The lowest BCUT2D eigenvalue weighted by Gasteiger charge is -2.23. The Bertz CT molecular complexity index is 464. The fourth-order valence-corrected chi connectivity index (χ4v) is 2.18. The zero-order valence-corrected chi connectivity index (χ0v) is 11.1. The van der Waals surface area contributed by atoms with Crippen LogP contribution in [0.4, 0.5) is 13.2 Å². The number of alkyl halides is 3. The van der Waals surface area contributed by atoms with Crippen LogP contribution in [-0.4, -0.2) is 19.4 Å². The van der Waals surface area contributed by atoms with E-state index in [9.17, 15) is 18.0 Å². The molecule has 0 atom stereocenters. The molecule has 0 spiro atoms. The minimum absolute atomic E-state index is 0.466. The molecule has 0 saturated heterocycles. The molecule has 100 valence electrons. The van der Waals surface area contributed by atoms with Crippen LogP contribution >= 0.6 is 0 Å². The number of rotatable bonds is 3. The fourth-order valence-electron chi connectivity index (χ4n) is 1.34. The highest BCUT2D eigenvalue weighted by molar-refractivity contribution is 6.70. The van der Waals surface area contributed by atoms with E-state index < -0.39 is 37.3 Å². The molecule has 3 nitrogen and oxygen atoms in total. The first kappa shape index (κ1) is 14.6. The molecule has 0 saturated carbocycles. The van der Waals surface area contributed by atoms with Crippen molar-refractivity contribution in [3.05, 3.63) is 29.3 Å². The van der Waals surface area contributed by atoms with E-state index in [0.29, 0.717) is 0 Å². The number of halogens is 3. The average Bonchev–Trinajstić information content (AvgIpc) is 2.13. The molecule has 0 fully saturated rings. The van der Waals surface area contributed by atoms with Gasteiger partial charge < -0.3 is 9.53 Å². The summed E-state index contributed by atoms with van der Waals surface area (Å²) in [5, 5.41) is 8.92. The molecule has 0 aromatic heterocycles. The van der Waals surface area contributed by atoms with Gasteiger partial charge in [-0.05, 0) is 31.8 Å². The van der Waals surface area contributed by atoms with Crippen LogP contribution in [0.25, 0.3) is 0 Å². The Morgan fingerprint density at radius 3 is 2.22 bits per heavy atom. The SMILES string of the molecule is C[Si](C)(C)Oc1c(C(=O)O)cccc1C(F)(F)F. The summed E-state index contributed by atoms with van der Waals surface area (Å²) in [6.07, 6.45) is -4.64. The molecule has 1 aromatic carbocycles. The predicted octanol–water partition coefficient (Wildman–Crippen LogP) is 3.62. The maximum atomic E-state index is 12.8. The third kappa shape index (κ3) is 3.49. The van der Waals surface area contributed by atoms with Gasteiger partial charge in [-0.2, -0.15) is 13.2 Å². The second-order valence-corrected chi connectivity index (χ2v) is 9.13. The number of carboxylic acid groups (broad SMARTS) is 1. The van der Waals surface area contributed by atoms with E-state index in [1.807, 2.05) is 0 Å². The lowest BCUT2D eigenvalue weighted by Crippen LogP contribution is -2.31. The molecule has 0 aliphatic heterocycles. The molecule has 0 aliphatic rings. The first-order valence-corrected chi connectivity index (χ1v) is 8.56. The van der Waals surface area contributed by atoms with Gasteiger partial charge in [0, 0.05) is 0 Å². The summed E-state index contributed by atoms with van der Waals surface area (Å²) in [4.78, 5) is 11.0. The third-order valence-electron chi connectivity index (χ3n) is 1.96. The van der Waals surface area contributed by atoms with E-state index in [1.165, 1.54) is 0 Å². The topological polar surface area (TPSA) is 46.5 Å². The summed E-state index contributed by atoms with van der Waals surface area (Å²) in [5.41, 5.74) is -1.52. The molecular weight excluding hydrogens is 265 g/mol. The van der Waals surface area contributed by atoms with Gasteiger partial charge >= 0.3 is 12.1 Å². The standard InChI is InChI=1S/C11H13F3O3Si/c1-18(2,3)17-9-7(10(15)16)5-4-6-8(9)11(12,13)14/h4-6H,1-3H3,(H,15,16). The van der Waals surface area contributed by atoms with Crippen LogP contribution in [0.3, 0.4) is 0 Å². The number of hydrogen-bond donors (Lipinski definition) is 1. The Hall–Kier alpha value is -1.50. The largest absolute Gasteiger partial charge is 0.543 e. The monoisotopic (exact) mass is 278 g/mol. The maximum Gasteiger partial charge on any atom is 0.419 e. The van der Waals surface area contributed by atoms with Crippen molar-refractivity contribution in [3.63, 3.8) is 0 Å². The zero-order valence-electron chi connectivity index (χ0n) is 10.1. The normalized spacial score (nSPS) is 12.3. The molecule has 1 N–H and O–H groups in total. The molecule has 0 heterocycles. The average molecular weight is 278 g/mol. The van der Waals surface area contributed by atoms with Gasteiger partial charge in [-0.1, -0.05) is 6.07 Å². The molecule has 0 amide bonds. The van der Waals surface area contributed by atoms with Crippen LogP contribution in [0.2, 0.25) is 19.6 Å². The van der Waals surface area contributed by atoms with Gasteiger partial charge in [0.2, 0.25) is 8.32 Å². The molecule has 0 radical (unpaired) electrons. The summed E-state index contributed by atoms with van der Waals surface area (Å²) in [7, 11) is -2.35. The Morgan fingerprint density at radius 2 is 1.83 bits per heavy atom. The summed E-state index contributed by atoms with van der Waals surface area (Å²) >= 11 is 0. The van der Waals surface area contributed by atoms with Crippen LogP contribution in [0, 0.1) is 0 Å². The van der Waals surface area contributed by atoms with Gasteiger partial charge in [-0.3, -0.25) is 0 Å². The summed E-state index contributed by atoms with van der Waals surface area (Å²) in [6, 6.07) is 2.98. The van der Waals surface area contributed by atoms with Crippen LogP contribution < -0.4 is 4.43 Å². The smallest absolute Gasteiger partial charge is 0.419 e. The van der Waals surface area contributed by atoms with Gasteiger partial charge in [-0.25, -0.2) is 4.79 Å². The molecule has 0 aliphatic carbocycles. The second-order valence-electron chi connectivity index (χ2n) is 4.70. The number of benzene rings is 1. The Balaban J connectivity index is 3.45. The Kier molecular flexibility index (Phi) is 3.75. The molecular formula is C11H13F3O3Si. The van der Waals surface area contributed by atoms with E-state index in [0.717, 1.165) is 18.2 Å². The predicted molar refractivity (Wildman–Crippen MR) is 62.4 cm³/mol. The van der Waals surface area contributed by atoms with E-state index in [4.69, 9.17) is 9.53 Å². The molecule has 1 aromatic rings. The van der Waals surface area contributed by atoms with Gasteiger partial charge in [0.1, 0.15) is 11.3 Å². The highest BCUT2D eigenvalue weighted by Crippen LogP contribution is 2.39. The van der Waals surface area contributed by atoms with Gasteiger partial charge in [0.25, 0.3) is 0 Å². The first-order chi connectivity index (χ1) is 8.02. The maximum absolute atomic E-state index is 12.8. The fraction of sp³-hybridized carbons (Fsp3) is 0.364. The zero-order chi connectivity index (χ0) is 14.1. The van der Waals surface area contributed by atoms with Crippen molar-refractivity contribution in [3.8, 4) is 5.75 Å². The van der Waals surface area contributed by atoms with E-state index >= 15 is 0 Å². The molecule has 7 heteroatoms. The lowest BCUT2D eigenvalue weighted by atomic mass is 10.1. The van der Waals surface area contributed by atoms with Crippen molar-refractivity contribution in [1.82, 2.24) is 0 Å². The van der Waals surface area contributed by atoms with Crippen molar-refractivity contribution in [2.45, 2.75) is 25.8 Å². The minimum atomic E-state index is -4.64. The van der Waals surface area contributed by atoms with Crippen LogP contribution in [0.15, 0.2) is 18.2 Å². The minimum Gasteiger partial charge on any atom is -0.543 e. The van der Waals surface area contributed by atoms with Crippen LogP contribution in [0.1, 0.15) is 15.9 Å². The van der Waals surface area contributed by atoms with Gasteiger partial charge in [0.05, 0.1) is 5.56 Å². The first-order valence-electron chi connectivity index (χ1n) is 5.15.